The first-order valence-electron chi connectivity index (χ1n) is 14.1. The SMILES string of the molecule is CC1CCC(C(C)C)C(c2cc([S+]([O-])c3ccc(O)c(C4CC(C)CCC4C(C)C)c3)ccc2O)C1. The molecule has 4 rings (SSSR count). The lowest BCUT2D eigenvalue weighted by molar-refractivity contribution is 0.194. The Labute approximate surface area is 221 Å². The van der Waals surface area contributed by atoms with Gasteiger partial charge in [0, 0.05) is 34.4 Å². The Hall–Kier alpha value is -1.65. The van der Waals surface area contributed by atoms with Crippen molar-refractivity contribution in [2.24, 2.45) is 35.5 Å². The zero-order chi connectivity index (χ0) is 26.1. The van der Waals surface area contributed by atoms with E-state index in [1.54, 1.807) is 24.3 Å². The Morgan fingerprint density at radius 3 is 1.44 bits per heavy atom. The van der Waals surface area contributed by atoms with Crippen LogP contribution >= 0.6 is 0 Å². The maximum absolute atomic E-state index is 13.8. The highest BCUT2D eigenvalue weighted by molar-refractivity contribution is 7.91. The molecule has 198 valence electrons. The molecule has 0 spiro atoms. The lowest BCUT2D eigenvalue weighted by Crippen LogP contribution is -2.26. The quantitative estimate of drug-likeness (QED) is 0.382. The summed E-state index contributed by atoms with van der Waals surface area (Å²) in [5, 5.41) is 21.7. The van der Waals surface area contributed by atoms with Crippen LogP contribution in [0.5, 0.6) is 11.5 Å². The number of phenolic OH excluding ortho intramolecular Hbond substituents is 2. The first-order chi connectivity index (χ1) is 17.1. The number of rotatable bonds is 6. The largest absolute Gasteiger partial charge is 0.606 e. The zero-order valence-corrected chi connectivity index (χ0v) is 23.9. The summed E-state index contributed by atoms with van der Waals surface area (Å²) in [6.07, 6.45) is 6.94. The number of hydrogen-bond donors (Lipinski definition) is 2. The number of benzene rings is 2. The van der Waals surface area contributed by atoms with Crippen molar-refractivity contribution < 1.29 is 14.8 Å². The second-order valence-corrected chi connectivity index (χ2v) is 14.1. The van der Waals surface area contributed by atoms with Crippen LogP contribution in [0.25, 0.3) is 0 Å². The predicted octanol–water partition coefficient (Wildman–Crippen LogP) is 8.62. The third-order valence-electron chi connectivity index (χ3n) is 9.27. The molecule has 2 aliphatic rings. The van der Waals surface area contributed by atoms with Gasteiger partial charge in [-0.15, -0.1) is 0 Å². The molecule has 6 atom stereocenters. The molecule has 2 N–H and O–H groups in total. The van der Waals surface area contributed by atoms with Crippen molar-refractivity contribution in [2.45, 2.75) is 102 Å². The maximum atomic E-state index is 13.8. The van der Waals surface area contributed by atoms with Crippen LogP contribution in [-0.4, -0.2) is 14.8 Å². The topological polar surface area (TPSA) is 63.5 Å². The van der Waals surface area contributed by atoms with Gasteiger partial charge < -0.3 is 14.8 Å². The zero-order valence-electron chi connectivity index (χ0n) is 23.0. The maximum Gasteiger partial charge on any atom is 0.159 e. The molecule has 0 amide bonds. The standard InChI is InChI=1S/C32H46O3S/c1-19(2)25-11-7-21(5)15-27(25)29-17-23(9-13-31(29)33)36(35)24-10-14-32(34)30(18-24)28-16-22(6)8-12-26(28)20(3)4/h9-10,13-14,17-22,25-28,33-34H,7-8,11-12,15-16H2,1-6H3. The summed E-state index contributed by atoms with van der Waals surface area (Å²) in [5.74, 6) is 4.62. The monoisotopic (exact) mass is 510 g/mol. The summed E-state index contributed by atoms with van der Waals surface area (Å²) in [4.78, 5) is 1.47. The summed E-state index contributed by atoms with van der Waals surface area (Å²) >= 11 is -1.38. The molecule has 2 aromatic rings. The Morgan fingerprint density at radius 1 is 0.694 bits per heavy atom. The molecular formula is C32H46O3S. The van der Waals surface area contributed by atoms with E-state index in [9.17, 15) is 14.8 Å². The van der Waals surface area contributed by atoms with E-state index in [2.05, 4.69) is 41.5 Å². The third kappa shape index (κ3) is 5.75. The summed E-state index contributed by atoms with van der Waals surface area (Å²) < 4.78 is 13.8. The van der Waals surface area contributed by atoms with E-state index in [1.165, 1.54) is 25.7 Å². The molecule has 0 heterocycles. The molecule has 0 saturated heterocycles. The molecule has 3 nitrogen and oxygen atoms in total. The van der Waals surface area contributed by atoms with Gasteiger partial charge in [-0.05, 0) is 97.3 Å². The lowest BCUT2D eigenvalue weighted by atomic mass is 9.67. The molecule has 36 heavy (non-hydrogen) atoms. The molecule has 2 fully saturated rings. The van der Waals surface area contributed by atoms with Gasteiger partial charge in [-0.25, -0.2) is 0 Å². The Balaban J connectivity index is 1.67. The summed E-state index contributed by atoms with van der Waals surface area (Å²) in [6, 6.07) is 11.1. The van der Waals surface area contributed by atoms with Crippen LogP contribution in [0.2, 0.25) is 0 Å². The van der Waals surface area contributed by atoms with Gasteiger partial charge in [0.15, 0.2) is 9.79 Å². The van der Waals surface area contributed by atoms with Crippen LogP contribution in [0.15, 0.2) is 46.2 Å². The highest BCUT2D eigenvalue weighted by atomic mass is 32.2. The van der Waals surface area contributed by atoms with Crippen molar-refractivity contribution in [1.82, 2.24) is 0 Å². The van der Waals surface area contributed by atoms with Crippen LogP contribution in [0.4, 0.5) is 0 Å². The Morgan fingerprint density at radius 2 is 1.08 bits per heavy atom. The van der Waals surface area contributed by atoms with Crippen molar-refractivity contribution in [1.29, 1.82) is 0 Å². The van der Waals surface area contributed by atoms with Gasteiger partial charge >= 0.3 is 0 Å². The minimum absolute atomic E-state index is 0.289. The first kappa shape index (κ1) is 27.4. The van der Waals surface area contributed by atoms with E-state index in [-0.39, 0.29) is 11.8 Å². The summed E-state index contributed by atoms with van der Waals surface area (Å²) in [5.41, 5.74) is 1.90. The Bertz CT molecular complexity index is 951. The van der Waals surface area contributed by atoms with Crippen molar-refractivity contribution >= 4 is 11.2 Å². The van der Waals surface area contributed by atoms with E-state index in [4.69, 9.17) is 0 Å². The van der Waals surface area contributed by atoms with Gasteiger partial charge in [-0.3, -0.25) is 0 Å². The Kier molecular flexibility index (Phi) is 8.67. The summed E-state index contributed by atoms with van der Waals surface area (Å²) in [7, 11) is 0. The fourth-order valence-electron chi connectivity index (χ4n) is 7.15. The fraction of sp³-hybridized carbons (Fsp3) is 0.625. The highest BCUT2D eigenvalue weighted by Crippen LogP contribution is 2.48. The number of hydrogen-bond acceptors (Lipinski definition) is 3. The number of phenols is 2. The van der Waals surface area contributed by atoms with Gasteiger partial charge in [0.25, 0.3) is 0 Å². The molecule has 4 heteroatoms. The predicted molar refractivity (Wildman–Crippen MR) is 149 cm³/mol. The van der Waals surface area contributed by atoms with Crippen LogP contribution in [0.3, 0.4) is 0 Å². The lowest BCUT2D eigenvalue weighted by Gasteiger charge is -2.38. The average Bonchev–Trinajstić information content (AvgIpc) is 2.83. The second kappa shape index (κ2) is 11.4. The minimum Gasteiger partial charge on any atom is -0.606 e. The molecule has 6 unspecified atom stereocenters. The first-order valence-corrected chi connectivity index (χ1v) is 15.3. The van der Waals surface area contributed by atoms with Gasteiger partial charge in [0.2, 0.25) is 0 Å². The van der Waals surface area contributed by atoms with Gasteiger partial charge in [-0.1, -0.05) is 54.4 Å². The molecule has 0 aromatic heterocycles. The van der Waals surface area contributed by atoms with E-state index in [1.807, 2.05) is 12.1 Å². The van der Waals surface area contributed by atoms with E-state index in [0.717, 1.165) is 33.8 Å². The van der Waals surface area contributed by atoms with Gasteiger partial charge in [0.1, 0.15) is 11.5 Å². The second-order valence-electron chi connectivity index (χ2n) is 12.6. The summed E-state index contributed by atoms with van der Waals surface area (Å²) in [6.45, 7) is 13.7. The molecule has 0 radical (unpaired) electrons. The van der Waals surface area contributed by atoms with Crippen molar-refractivity contribution in [3.63, 3.8) is 0 Å². The molecule has 0 bridgehead atoms. The molecule has 2 aromatic carbocycles. The normalized spacial score (nSPS) is 30.0. The van der Waals surface area contributed by atoms with Crippen LogP contribution in [0.1, 0.15) is 103 Å². The van der Waals surface area contributed by atoms with Crippen LogP contribution in [-0.2, 0) is 11.2 Å². The number of aromatic hydroxyl groups is 2. The average molecular weight is 511 g/mol. The third-order valence-corrected chi connectivity index (χ3v) is 10.6. The molecule has 0 aliphatic heterocycles. The van der Waals surface area contributed by atoms with Gasteiger partial charge in [-0.2, -0.15) is 0 Å². The molecular weight excluding hydrogens is 464 g/mol. The van der Waals surface area contributed by atoms with Crippen LogP contribution < -0.4 is 0 Å². The van der Waals surface area contributed by atoms with Crippen molar-refractivity contribution in [3.8, 4) is 11.5 Å². The van der Waals surface area contributed by atoms with E-state index in [0.29, 0.717) is 47.0 Å². The van der Waals surface area contributed by atoms with E-state index >= 15 is 0 Å². The van der Waals surface area contributed by atoms with E-state index < -0.39 is 11.2 Å². The molecule has 2 saturated carbocycles. The minimum atomic E-state index is -1.38. The van der Waals surface area contributed by atoms with Gasteiger partial charge in [0.05, 0.1) is 0 Å². The van der Waals surface area contributed by atoms with Crippen molar-refractivity contribution in [3.05, 3.63) is 47.5 Å². The fourth-order valence-corrected chi connectivity index (χ4v) is 8.27. The van der Waals surface area contributed by atoms with Crippen LogP contribution in [0, 0.1) is 35.5 Å². The smallest absolute Gasteiger partial charge is 0.159 e. The molecule has 2 aliphatic carbocycles. The van der Waals surface area contributed by atoms with Crippen molar-refractivity contribution in [2.75, 3.05) is 0 Å². The highest BCUT2D eigenvalue weighted by Gasteiger charge is 2.36.